The minimum Gasteiger partial charge on any atom is -0.352 e. The molecule has 0 bridgehead atoms. The third-order valence-corrected chi connectivity index (χ3v) is 4.89. The third kappa shape index (κ3) is 3.98. The lowest BCUT2D eigenvalue weighted by Crippen LogP contribution is -2.39. The number of carbonyl (C=O) groups is 1. The smallest absolute Gasteiger partial charge is 0.275 e. The second-order valence-electron chi connectivity index (χ2n) is 6.78. The third-order valence-electron chi connectivity index (χ3n) is 4.89. The number of nitrogens with zero attached hydrogens (tertiary/aromatic N) is 3. The fourth-order valence-electron chi connectivity index (χ4n) is 3.45. The van der Waals surface area contributed by atoms with Gasteiger partial charge in [0.15, 0.2) is 0 Å². The first-order valence-corrected chi connectivity index (χ1v) is 9.05. The van der Waals surface area contributed by atoms with E-state index in [4.69, 9.17) is 0 Å². The van der Waals surface area contributed by atoms with Crippen LogP contribution in [0.3, 0.4) is 0 Å². The molecule has 3 rings (SSSR count). The summed E-state index contributed by atoms with van der Waals surface area (Å²) in [6.45, 7) is 7.25. The number of aromatic nitrogens is 2. The summed E-state index contributed by atoms with van der Waals surface area (Å²) in [7, 11) is 0. The predicted octanol–water partition coefficient (Wildman–Crippen LogP) is 4.11. The summed E-state index contributed by atoms with van der Waals surface area (Å²) in [5, 5.41) is 2.92. The van der Waals surface area contributed by atoms with Crippen molar-refractivity contribution in [1.82, 2.24) is 9.97 Å². The van der Waals surface area contributed by atoms with Crippen molar-refractivity contribution < 1.29 is 4.79 Å². The monoisotopic (exact) mass is 338 g/mol. The molecular weight excluding hydrogens is 312 g/mol. The number of hydrogen-bond acceptors (Lipinski definition) is 4. The van der Waals surface area contributed by atoms with Gasteiger partial charge in [-0.05, 0) is 51.2 Å². The summed E-state index contributed by atoms with van der Waals surface area (Å²) >= 11 is 0. The first kappa shape index (κ1) is 17.4. The van der Waals surface area contributed by atoms with Crippen LogP contribution in [0, 0.1) is 13.8 Å². The van der Waals surface area contributed by atoms with E-state index in [-0.39, 0.29) is 5.91 Å². The lowest BCUT2D eigenvalue weighted by Gasteiger charge is -2.35. The molecule has 0 aliphatic carbocycles. The van der Waals surface area contributed by atoms with Gasteiger partial charge >= 0.3 is 0 Å². The first-order valence-electron chi connectivity index (χ1n) is 9.05. The Kier molecular flexibility index (Phi) is 5.31. The average Bonchev–Trinajstić information content (AvgIpc) is 2.64. The van der Waals surface area contributed by atoms with Crippen LogP contribution in [0.4, 0.5) is 11.5 Å². The summed E-state index contributed by atoms with van der Waals surface area (Å²) in [5.41, 5.74) is 3.36. The van der Waals surface area contributed by atoms with Crippen LogP contribution in [0.5, 0.6) is 0 Å². The van der Waals surface area contributed by atoms with E-state index in [2.05, 4.69) is 27.1 Å². The Bertz CT molecular complexity index is 742. The molecule has 1 atom stereocenters. The number of amides is 1. The molecular formula is C20H26N4O. The van der Waals surface area contributed by atoms with E-state index >= 15 is 0 Å². The van der Waals surface area contributed by atoms with Crippen LogP contribution in [-0.2, 0) is 0 Å². The highest BCUT2D eigenvalue weighted by Gasteiger charge is 2.22. The van der Waals surface area contributed by atoms with E-state index in [9.17, 15) is 4.79 Å². The van der Waals surface area contributed by atoms with Gasteiger partial charge in [0.2, 0.25) is 0 Å². The molecule has 2 heterocycles. The highest BCUT2D eigenvalue weighted by molar-refractivity contribution is 6.03. The van der Waals surface area contributed by atoms with Crippen molar-refractivity contribution in [3.63, 3.8) is 0 Å². The fourth-order valence-corrected chi connectivity index (χ4v) is 3.45. The Labute approximate surface area is 149 Å². The number of carbonyl (C=O) groups excluding carboxylic acids is 1. The van der Waals surface area contributed by atoms with Gasteiger partial charge in [0.25, 0.3) is 5.91 Å². The molecule has 0 saturated carbocycles. The van der Waals surface area contributed by atoms with E-state index < -0.39 is 0 Å². The molecule has 1 N–H and O–H groups in total. The summed E-state index contributed by atoms with van der Waals surface area (Å²) in [4.78, 5) is 23.6. The molecule has 0 radical (unpaired) electrons. The van der Waals surface area contributed by atoms with Gasteiger partial charge < -0.3 is 10.2 Å². The number of anilines is 2. The van der Waals surface area contributed by atoms with Crippen LogP contribution in [0.2, 0.25) is 0 Å². The zero-order valence-electron chi connectivity index (χ0n) is 15.2. The van der Waals surface area contributed by atoms with Crippen molar-refractivity contribution in [3.05, 3.63) is 47.4 Å². The molecule has 1 fully saturated rings. The van der Waals surface area contributed by atoms with Crippen LogP contribution >= 0.6 is 0 Å². The SMILES string of the molecule is CCC1CCCCN1c1cnc(C(=O)Nc2ccc(C)cc2C)cn1. The van der Waals surface area contributed by atoms with Gasteiger partial charge in [0.05, 0.1) is 12.4 Å². The number of rotatable bonds is 4. The number of nitrogens with one attached hydrogen (secondary N) is 1. The molecule has 1 aliphatic heterocycles. The zero-order valence-corrected chi connectivity index (χ0v) is 15.2. The van der Waals surface area contributed by atoms with Gasteiger partial charge in [-0.25, -0.2) is 9.97 Å². The van der Waals surface area contributed by atoms with Crippen molar-refractivity contribution in [2.75, 3.05) is 16.8 Å². The van der Waals surface area contributed by atoms with Crippen LogP contribution in [-0.4, -0.2) is 28.5 Å². The van der Waals surface area contributed by atoms with Crippen molar-refractivity contribution in [1.29, 1.82) is 0 Å². The molecule has 132 valence electrons. The number of hydrogen-bond donors (Lipinski definition) is 1. The van der Waals surface area contributed by atoms with Gasteiger partial charge in [-0.15, -0.1) is 0 Å². The summed E-state index contributed by atoms with van der Waals surface area (Å²) in [6.07, 6.45) is 8.08. The van der Waals surface area contributed by atoms with Gasteiger partial charge in [-0.2, -0.15) is 0 Å². The highest BCUT2D eigenvalue weighted by Crippen LogP contribution is 2.24. The molecule has 25 heavy (non-hydrogen) atoms. The second kappa shape index (κ2) is 7.64. The summed E-state index contributed by atoms with van der Waals surface area (Å²) in [5.74, 6) is 0.645. The number of piperidine rings is 1. The van der Waals surface area contributed by atoms with Crippen molar-refractivity contribution in [3.8, 4) is 0 Å². The van der Waals surface area contributed by atoms with E-state index in [0.29, 0.717) is 11.7 Å². The van der Waals surface area contributed by atoms with Crippen LogP contribution in [0.15, 0.2) is 30.6 Å². The lowest BCUT2D eigenvalue weighted by atomic mass is 10.0. The topological polar surface area (TPSA) is 58.1 Å². The summed E-state index contributed by atoms with van der Waals surface area (Å²) < 4.78 is 0. The van der Waals surface area contributed by atoms with Crippen molar-refractivity contribution in [2.24, 2.45) is 0 Å². The first-order chi connectivity index (χ1) is 12.1. The summed E-state index contributed by atoms with van der Waals surface area (Å²) in [6, 6.07) is 6.48. The Morgan fingerprint density at radius 3 is 2.76 bits per heavy atom. The van der Waals surface area contributed by atoms with Gasteiger partial charge in [0.1, 0.15) is 11.5 Å². The molecule has 1 saturated heterocycles. The minimum atomic E-state index is -0.225. The van der Waals surface area contributed by atoms with Gasteiger partial charge in [-0.3, -0.25) is 4.79 Å². The Balaban J connectivity index is 1.72. The van der Waals surface area contributed by atoms with E-state index in [0.717, 1.165) is 30.0 Å². The maximum Gasteiger partial charge on any atom is 0.275 e. The number of aryl methyl sites for hydroxylation is 2. The zero-order chi connectivity index (χ0) is 17.8. The fraction of sp³-hybridized carbons (Fsp3) is 0.450. The molecule has 5 heteroatoms. The molecule has 1 unspecified atom stereocenters. The Morgan fingerprint density at radius 1 is 1.24 bits per heavy atom. The Morgan fingerprint density at radius 2 is 2.08 bits per heavy atom. The average molecular weight is 338 g/mol. The van der Waals surface area contributed by atoms with Crippen LogP contribution in [0.25, 0.3) is 0 Å². The van der Waals surface area contributed by atoms with Gasteiger partial charge in [0, 0.05) is 18.3 Å². The van der Waals surface area contributed by atoms with E-state index in [1.807, 2.05) is 32.0 Å². The normalized spacial score (nSPS) is 17.4. The van der Waals surface area contributed by atoms with Crippen LogP contribution < -0.4 is 10.2 Å². The van der Waals surface area contributed by atoms with Crippen LogP contribution in [0.1, 0.15) is 54.2 Å². The Hall–Kier alpha value is -2.43. The molecule has 2 aromatic rings. The van der Waals surface area contributed by atoms with Crippen molar-refractivity contribution >= 4 is 17.4 Å². The maximum absolute atomic E-state index is 12.4. The van der Waals surface area contributed by atoms with E-state index in [1.165, 1.54) is 24.8 Å². The van der Waals surface area contributed by atoms with Crippen molar-refractivity contribution in [2.45, 2.75) is 52.5 Å². The molecule has 1 amide bonds. The molecule has 1 aromatic carbocycles. The molecule has 1 aromatic heterocycles. The largest absolute Gasteiger partial charge is 0.352 e. The molecule has 0 spiro atoms. The quantitative estimate of drug-likeness (QED) is 0.911. The van der Waals surface area contributed by atoms with Gasteiger partial charge in [-0.1, -0.05) is 24.6 Å². The molecule has 5 nitrogen and oxygen atoms in total. The highest BCUT2D eigenvalue weighted by atomic mass is 16.1. The van der Waals surface area contributed by atoms with E-state index in [1.54, 1.807) is 12.4 Å². The second-order valence-corrected chi connectivity index (χ2v) is 6.78. The lowest BCUT2D eigenvalue weighted by molar-refractivity contribution is 0.102. The molecule has 1 aliphatic rings. The minimum absolute atomic E-state index is 0.225. The number of benzene rings is 1. The standard InChI is InChI=1S/C20H26N4O/c1-4-16-7-5-6-10-24(16)19-13-21-18(12-22-19)20(25)23-17-9-8-14(2)11-15(17)3/h8-9,11-13,16H,4-7,10H2,1-3H3,(H,23,25). The predicted molar refractivity (Wildman–Crippen MR) is 101 cm³/mol. The maximum atomic E-state index is 12.4.